The molecule has 0 atom stereocenters. The molecule has 0 bridgehead atoms. The molecule has 0 fully saturated rings. The second kappa shape index (κ2) is 14.0. The summed E-state index contributed by atoms with van der Waals surface area (Å²) in [7, 11) is 0. The zero-order chi connectivity index (χ0) is 39.6. The molecule has 4 heteroatoms. The highest BCUT2D eigenvalue weighted by atomic mass is 32.1. The molecule has 282 valence electrons. The molecule has 12 aromatic rings. The number of rotatable bonds is 7. The minimum absolute atomic E-state index is 0.878. The van der Waals surface area contributed by atoms with Crippen molar-refractivity contribution >= 4 is 109 Å². The quantitative estimate of drug-likeness (QED) is 0.150. The van der Waals surface area contributed by atoms with E-state index in [4.69, 9.17) is 4.42 Å². The van der Waals surface area contributed by atoms with Crippen molar-refractivity contribution < 1.29 is 4.42 Å². The lowest BCUT2D eigenvalue weighted by atomic mass is 9.96. The highest BCUT2D eigenvalue weighted by Gasteiger charge is 2.22. The van der Waals surface area contributed by atoms with Crippen molar-refractivity contribution in [3.05, 3.63) is 218 Å². The maximum absolute atomic E-state index is 6.60. The van der Waals surface area contributed by atoms with Crippen LogP contribution in [0.5, 0.6) is 0 Å². The number of hydrogen-bond donors (Lipinski definition) is 0. The molecule has 2 heterocycles. The molecule has 0 amide bonds. The van der Waals surface area contributed by atoms with E-state index in [1.165, 1.54) is 52.8 Å². The van der Waals surface area contributed by atoms with E-state index in [0.717, 1.165) is 56.1 Å². The minimum Gasteiger partial charge on any atom is -0.454 e. The number of furan rings is 1. The van der Waals surface area contributed by atoms with Gasteiger partial charge in [-0.15, -0.1) is 11.3 Å². The first kappa shape index (κ1) is 34.4. The third-order valence-electron chi connectivity index (χ3n) is 11.8. The van der Waals surface area contributed by atoms with Gasteiger partial charge < -0.3 is 14.2 Å². The molecule has 10 aromatic carbocycles. The summed E-state index contributed by atoms with van der Waals surface area (Å²) in [6, 6.07) is 78.4. The highest BCUT2D eigenvalue weighted by molar-refractivity contribution is 7.27. The third kappa shape index (κ3) is 5.57. The summed E-state index contributed by atoms with van der Waals surface area (Å²) in [6.07, 6.45) is 0. The van der Waals surface area contributed by atoms with E-state index >= 15 is 0 Å². The molecule has 0 radical (unpaired) electrons. The van der Waals surface area contributed by atoms with Crippen molar-refractivity contribution in [2.75, 3.05) is 9.80 Å². The Morgan fingerprint density at radius 1 is 0.333 bits per heavy atom. The standard InChI is InChI=1S/C56H36N2OS/c1-4-15-37(16-5-1)38-27-29-41(30-28-38)57(39-17-6-2-7-18-39)42-31-33-48-50(35-42)44-21-10-11-23-46(44)54-49-34-32-43(36-53(49)60-56(48)54)58(40-19-8-3-9-20-40)51-25-14-24-47-45-22-12-13-26-52(45)59-55(47)51/h1-36H. The summed E-state index contributed by atoms with van der Waals surface area (Å²) < 4.78 is 9.14. The lowest BCUT2D eigenvalue weighted by Gasteiger charge is -2.26. The Balaban J connectivity index is 1.04. The molecule has 12 rings (SSSR count). The van der Waals surface area contributed by atoms with Crippen LogP contribution in [-0.2, 0) is 0 Å². The zero-order valence-corrected chi connectivity index (χ0v) is 33.3. The van der Waals surface area contributed by atoms with Crippen molar-refractivity contribution in [2.24, 2.45) is 0 Å². The number of thiophene rings is 1. The van der Waals surface area contributed by atoms with E-state index < -0.39 is 0 Å². The van der Waals surface area contributed by atoms with Crippen LogP contribution in [-0.4, -0.2) is 0 Å². The van der Waals surface area contributed by atoms with Gasteiger partial charge in [-0.1, -0.05) is 146 Å². The van der Waals surface area contributed by atoms with E-state index in [2.05, 4.69) is 222 Å². The van der Waals surface area contributed by atoms with Gasteiger partial charge in [0, 0.05) is 64.8 Å². The fourth-order valence-electron chi connectivity index (χ4n) is 9.08. The Kier molecular flexibility index (Phi) is 8.03. The van der Waals surface area contributed by atoms with E-state index in [1.54, 1.807) is 0 Å². The van der Waals surface area contributed by atoms with Gasteiger partial charge >= 0.3 is 0 Å². The first-order valence-electron chi connectivity index (χ1n) is 20.3. The molecule has 3 nitrogen and oxygen atoms in total. The zero-order valence-electron chi connectivity index (χ0n) is 32.5. The number of para-hydroxylation sites is 4. The average molecular weight is 785 g/mol. The van der Waals surface area contributed by atoms with Crippen LogP contribution in [0.2, 0.25) is 0 Å². The van der Waals surface area contributed by atoms with Crippen LogP contribution < -0.4 is 9.80 Å². The summed E-state index contributed by atoms with van der Waals surface area (Å²) in [5.41, 5.74) is 10.7. The van der Waals surface area contributed by atoms with Crippen LogP contribution in [0.1, 0.15) is 0 Å². The molecule has 0 spiro atoms. The Labute approximate surface area is 351 Å². The van der Waals surface area contributed by atoms with E-state index in [0.29, 0.717) is 0 Å². The Morgan fingerprint density at radius 2 is 0.883 bits per heavy atom. The monoisotopic (exact) mass is 784 g/mol. The summed E-state index contributed by atoms with van der Waals surface area (Å²) in [4.78, 5) is 4.70. The van der Waals surface area contributed by atoms with Crippen molar-refractivity contribution in [2.45, 2.75) is 0 Å². The average Bonchev–Trinajstić information content (AvgIpc) is 3.90. The van der Waals surface area contributed by atoms with Gasteiger partial charge in [-0.2, -0.15) is 0 Å². The van der Waals surface area contributed by atoms with E-state index in [-0.39, 0.29) is 0 Å². The maximum atomic E-state index is 6.60. The summed E-state index contributed by atoms with van der Waals surface area (Å²) in [6.45, 7) is 0. The number of nitrogens with zero attached hydrogens (tertiary/aromatic N) is 2. The van der Waals surface area contributed by atoms with Crippen LogP contribution in [0.25, 0.3) is 74.8 Å². The maximum Gasteiger partial charge on any atom is 0.159 e. The van der Waals surface area contributed by atoms with Crippen molar-refractivity contribution in [1.82, 2.24) is 0 Å². The number of fused-ring (bicyclic) bond motifs is 11. The highest BCUT2D eigenvalue weighted by Crippen LogP contribution is 2.49. The van der Waals surface area contributed by atoms with Crippen LogP contribution in [0.15, 0.2) is 223 Å². The van der Waals surface area contributed by atoms with Crippen LogP contribution in [0.4, 0.5) is 34.1 Å². The van der Waals surface area contributed by atoms with E-state index in [9.17, 15) is 0 Å². The topological polar surface area (TPSA) is 19.6 Å². The third-order valence-corrected chi connectivity index (χ3v) is 13.0. The van der Waals surface area contributed by atoms with Crippen molar-refractivity contribution in [3.8, 4) is 11.1 Å². The van der Waals surface area contributed by atoms with Crippen LogP contribution >= 0.6 is 11.3 Å². The van der Waals surface area contributed by atoms with Gasteiger partial charge in [0.2, 0.25) is 0 Å². The molecule has 0 aliphatic carbocycles. The number of benzene rings is 10. The predicted octanol–water partition coefficient (Wildman–Crippen LogP) is 16.9. The van der Waals surface area contributed by atoms with Gasteiger partial charge in [-0.3, -0.25) is 0 Å². The van der Waals surface area contributed by atoms with Gasteiger partial charge in [0.15, 0.2) is 5.58 Å². The fourth-order valence-corrected chi connectivity index (χ4v) is 10.4. The fraction of sp³-hybridized carbons (Fsp3) is 0. The van der Waals surface area contributed by atoms with Gasteiger partial charge in [0.05, 0.1) is 5.69 Å². The molecule has 0 N–H and O–H groups in total. The van der Waals surface area contributed by atoms with Crippen LogP contribution in [0.3, 0.4) is 0 Å². The van der Waals surface area contributed by atoms with Gasteiger partial charge in [-0.25, -0.2) is 0 Å². The van der Waals surface area contributed by atoms with Crippen molar-refractivity contribution in [3.63, 3.8) is 0 Å². The molecular formula is C56H36N2OS. The Bertz CT molecular complexity index is 3540. The van der Waals surface area contributed by atoms with E-state index in [1.807, 2.05) is 17.4 Å². The summed E-state index contributed by atoms with van der Waals surface area (Å²) >= 11 is 1.88. The van der Waals surface area contributed by atoms with Gasteiger partial charge in [-0.05, 0) is 100 Å². The minimum atomic E-state index is 0.878. The summed E-state index contributed by atoms with van der Waals surface area (Å²) in [5.74, 6) is 0. The smallest absolute Gasteiger partial charge is 0.159 e. The van der Waals surface area contributed by atoms with Gasteiger partial charge in [0.25, 0.3) is 0 Å². The molecule has 0 unspecified atom stereocenters. The lowest BCUT2D eigenvalue weighted by Crippen LogP contribution is -2.09. The summed E-state index contributed by atoms with van der Waals surface area (Å²) in [5, 5.41) is 9.82. The molecule has 0 aliphatic heterocycles. The Morgan fingerprint density at radius 3 is 1.63 bits per heavy atom. The molecule has 0 saturated carbocycles. The molecule has 0 saturated heterocycles. The second-order valence-electron chi connectivity index (χ2n) is 15.3. The first-order valence-corrected chi connectivity index (χ1v) is 21.2. The molecule has 0 aliphatic rings. The Hall–Kier alpha value is -7.66. The molecular weight excluding hydrogens is 749 g/mol. The number of anilines is 6. The van der Waals surface area contributed by atoms with Crippen LogP contribution in [0, 0.1) is 0 Å². The lowest BCUT2D eigenvalue weighted by molar-refractivity contribution is 0.669. The predicted molar refractivity (Wildman–Crippen MR) is 256 cm³/mol. The molecule has 2 aromatic heterocycles. The second-order valence-corrected chi connectivity index (χ2v) is 16.3. The number of hydrogen-bond acceptors (Lipinski definition) is 4. The van der Waals surface area contributed by atoms with Crippen molar-refractivity contribution in [1.29, 1.82) is 0 Å². The normalized spacial score (nSPS) is 11.7. The van der Waals surface area contributed by atoms with Gasteiger partial charge in [0.1, 0.15) is 5.58 Å². The first-order chi connectivity index (χ1) is 29.8. The SMILES string of the molecule is c1ccc(-c2ccc(N(c3ccccc3)c3ccc4c(c3)c3ccccc3c3c5ccc(N(c6ccccc6)c6cccc7c6oc6ccccc67)cc5sc43)cc2)cc1. The largest absolute Gasteiger partial charge is 0.454 e. The molecule has 60 heavy (non-hydrogen) atoms.